The fourth-order valence-corrected chi connectivity index (χ4v) is 4.04. The van der Waals surface area contributed by atoms with Crippen LogP contribution in [-0.2, 0) is 6.42 Å². The van der Waals surface area contributed by atoms with Gasteiger partial charge >= 0.3 is 0 Å². The van der Waals surface area contributed by atoms with Crippen molar-refractivity contribution in [1.29, 1.82) is 0 Å². The molecule has 0 unspecified atom stereocenters. The summed E-state index contributed by atoms with van der Waals surface area (Å²) >= 11 is 6.45. The fourth-order valence-electron chi connectivity index (χ4n) is 3.76. The van der Waals surface area contributed by atoms with E-state index in [9.17, 15) is 4.79 Å². The summed E-state index contributed by atoms with van der Waals surface area (Å²) in [4.78, 5) is 21.0. The molecule has 3 heterocycles. The highest BCUT2D eigenvalue weighted by Gasteiger charge is 2.27. The number of benzene rings is 2. The number of methoxy groups -OCH3 is 1. The number of ether oxygens (including phenoxy) is 2. The van der Waals surface area contributed by atoms with Crippen LogP contribution in [0.5, 0.6) is 11.5 Å². The zero-order valence-corrected chi connectivity index (χ0v) is 18.5. The van der Waals surface area contributed by atoms with Crippen molar-refractivity contribution in [3.63, 3.8) is 0 Å². The minimum atomic E-state index is -0.305. The lowest BCUT2D eigenvalue weighted by molar-refractivity contribution is 0.0906. The molecule has 1 N–H and O–H groups in total. The Bertz CT molecular complexity index is 1290. The Hall–Kier alpha value is -3.84. The van der Waals surface area contributed by atoms with Crippen molar-refractivity contribution < 1.29 is 18.7 Å². The summed E-state index contributed by atoms with van der Waals surface area (Å²) in [5.41, 5.74) is 3.45. The van der Waals surface area contributed by atoms with Crippen LogP contribution in [0.15, 0.2) is 71.5 Å². The quantitative estimate of drug-likeness (QED) is 0.444. The molecular formula is C25H20ClN3O4. The molecule has 1 aliphatic heterocycles. The zero-order chi connectivity index (χ0) is 22.8. The molecule has 8 heteroatoms. The Morgan fingerprint density at radius 3 is 2.76 bits per heavy atom. The highest BCUT2D eigenvalue weighted by molar-refractivity contribution is 6.32. The van der Waals surface area contributed by atoms with Crippen molar-refractivity contribution in [3.8, 4) is 34.1 Å². The summed E-state index contributed by atoms with van der Waals surface area (Å²) in [6.45, 7) is 0.322. The standard InChI is InChI=1S/C25H20ClN3O4/c1-31-18-4-2-15(3-5-18)22-6-7-23(33-22)25(30)29-13-19-11-17-10-16(12-20(26)24(17)32-19)21-14-27-8-9-28-21/h2-10,12,14,19H,11,13H2,1H3,(H,29,30)/t19-/m1/s1. The van der Waals surface area contributed by atoms with Crippen molar-refractivity contribution in [3.05, 3.63) is 83.5 Å². The average Bonchev–Trinajstić information content (AvgIpc) is 3.51. The molecular weight excluding hydrogens is 442 g/mol. The van der Waals surface area contributed by atoms with Gasteiger partial charge in [0.1, 0.15) is 23.4 Å². The molecule has 166 valence electrons. The molecule has 0 fully saturated rings. The summed E-state index contributed by atoms with van der Waals surface area (Å²) in [7, 11) is 1.61. The highest BCUT2D eigenvalue weighted by Crippen LogP contribution is 2.39. The van der Waals surface area contributed by atoms with Gasteiger partial charge in [-0.2, -0.15) is 0 Å². The van der Waals surface area contributed by atoms with E-state index < -0.39 is 0 Å². The number of carbonyl (C=O) groups is 1. The third kappa shape index (κ3) is 4.40. The molecule has 1 amide bonds. The van der Waals surface area contributed by atoms with E-state index >= 15 is 0 Å². The van der Waals surface area contributed by atoms with Crippen LogP contribution in [0.25, 0.3) is 22.6 Å². The second kappa shape index (κ2) is 8.96. The smallest absolute Gasteiger partial charge is 0.287 e. The first-order chi connectivity index (χ1) is 16.1. The van der Waals surface area contributed by atoms with Crippen LogP contribution in [0.2, 0.25) is 5.02 Å². The van der Waals surface area contributed by atoms with Crippen molar-refractivity contribution in [2.45, 2.75) is 12.5 Å². The number of hydrogen-bond acceptors (Lipinski definition) is 6. The molecule has 1 aliphatic rings. The minimum Gasteiger partial charge on any atom is -0.497 e. The van der Waals surface area contributed by atoms with Crippen LogP contribution in [0.4, 0.5) is 0 Å². The molecule has 0 radical (unpaired) electrons. The molecule has 4 aromatic rings. The van der Waals surface area contributed by atoms with E-state index in [0.717, 1.165) is 28.1 Å². The molecule has 0 saturated carbocycles. The Balaban J connectivity index is 1.22. The van der Waals surface area contributed by atoms with Gasteiger partial charge in [0.2, 0.25) is 0 Å². The second-order valence-corrected chi connectivity index (χ2v) is 7.99. The van der Waals surface area contributed by atoms with Gasteiger partial charge in [-0.3, -0.25) is 14.8 Å². The van der Waals surface area contributed by atoms with Crippen molar-refractivity contribution >= 4 is 17.5 Å². The summed E-state index contributed by atoms with van der Waals surface area (Å²) in [5, 5.41) is 3.39. The predicted octanol–water partition coefficient (Wildman–Crippen LogP) is 4.80. The van der Waals surface area contributed by atoms with Crippen molar-refractivity contribution in [1.82, 2.24) is 15.3 Å². The number of aromatic nitrogens is 2. The van der Waals surface area contributed by atoms with Gasteiger partial charge in [0, 0.05) is 35.5 Å². The van der Waals surface area contributed by atoms with Gasteiger partial charge in [0.05, 0.1) is 30.6 Å². The van der Waals surface area contributed by atoms with Crippen molar-refractivity contribution in [2.75, 3.05) is 13.7 Å². The first-order valence-electron chi connectivity index (χ1n) is 10.4. The fraction of sp³-hybridized carbons (Fsp3) is 0.160. The first-order valence-corrected chi connectivity index (χ1v) is 10.8. The number of carbonyl (C=O) groups excluding carboxylic acids is 1. The maximum atomic E-state index is 12.6. The van der Waals surface area contributed by atoms with Gasteiger partial charge in [0.25, 0.3) is 5.91 Å². The Kier molecular flexibility index (Phi) is 5.71. The molecule has 0 bridgehead atoms. The Labute approximate surface area is 195 Å². The maximum absolute atomic E-state index is 12.6. The van der Waals surface area contributed by atoms with Crippen LogP contribution < -0.4 is 14.8 Å². The van der Waals surface area contributed by atoms with E-state index in [0.29, 0.717) is 29.5 Å². The lowest BCUT2D eigenvalue weighted by atomic mass is 10.0. The summed E-state index contributed by atoms with van der Waals surface area (Å²) in [6.07, 6.45) is 5.35. The highest BCUT2D eigenvalue weighted by atomic mass is 35.5. The van der Waals surface area contributed by atoms with E-state index in [4.69, 9.17) is 25.5 Å². The lowest BCUT2D eigenvalue weighted by Gasteiger charge is -2.11. The van der Waals surface area contributed by atoms with E-state index in [1.54, 1.807) is 37.8 Å². The summed E-state index contributed by atoms with van der Waals surface area (Å²) < 4.78 is 16.9. The molecule has 1 atom stereocenters. The number of rotatable bonds is 6. The molecule has 5 rings (SSSR count). The number of furan rings is 1. The van der Waals surface area contributed by atoms with Gasteiger partial charge in [-0.15, -0.1) is 0 Å². The normalized spacial score (nSPS) is 14.4. The molecule has 0 spiro atoms. The van der Waals surface area contributed by atoms with Crippen LogP contribution in [0.3, 0.4) is 0 Å². The van der Waals surface area contributed by atoms with E-state index in [1.165, 1.54) is 0 Å². The number of nitrogens with one attached hydrogen (secondary N) is 1. The third-order valence-corrected chi connectivity index (χ3v) is 5.69. The van der Waals surface area contributed by atoms with Gasteiger partial charge in [-0.25, -0.2) is 0 Å². The minimum absolute atomic E-state index is 0.227. The molecule has 7 nitrogen and oxygen atoms in total. The number of nitrogens with zero attached hydrogens (tertiary/aromatic N) is 2. The van der Waals surface area contributed by atoms with Gasteiger partial charge in [0.15, 0.2) is 5.76 Å². The van der Waals surface area contributed by atoms with Crippen LogP contribution in [0, 0.1) is 0 Å². The first kappa shape index (κ1) is 21.0. The predicted molar refractivity (Wildman–Crippen MR) is 124 cm³/mol. The molecule has 2 aromatic carbocycles. The molecule has 33 heavy (non-hydrogen) atoms. The summed E-state index contributed by atoms with van der Waals surface area (Å²) in [5.74, 6) is 1.93. The topological polar surface area (TPSA) is 86.5 Å². The largest absolute Gasteiger partial charge is 0.497 e. The molecule has 0 aliphatic carbocycles. The number of fused-ring (bicyclic) bond motifs is 1. The van der Waals surface area contributed by atoms with Gasteiger partial charge < -0.3 is 19.2 Å². The van der Waals surface area contributed by atoms with E-state index in [1.807, 2.05) is 36.4 Å². The van der Waals surface area contributed by atoms with Crippen LogP contribution >= 0.6 is 11.6 Å². The second-order valence-electron chi connectivity index (χ2n) is 7.58. The number of halogens is 1. The zero-order valence-electron chi connectivity index (χ0n) is 17.7. The van der Waals surface area contributed by atoms with Gasteiger partial charge in [-0.05, 0) is 48.5 Å². The van der Waals surface area contributed by atoms with Crippen molar-refractivity contribution in [2.24, 2.45) is 0 Å². The number of hydrogen-bond donors (Lipinski definition) is 1. The van der Waals surface area contributed by atoms with E-state index in [2.05, 4.69) is 15.3 Å². The Morgan fingerprint density at radius 1 is 1.15 bits per heavy atom. The third-order valence-electron chi connectivity index (χ3n) is 5.41. The monoisotopic (exact) mass is 461 g/mol. The molecule has 0 saturated heterocycles. The number of amides is 1. The SMILES string of the molecule is COc1ccc(-c2ccc(C(=O)NC[C@H]3Cc4cc(-c5cnccn5)cc(Cl)c4O3)o2)cc1. The van der Waals surface area contributed by atoms with Crippen LogP contribution in [-0.4, -0.2) is 35.6 Å². The Morgan fingerprint density at radius 2 is 2.00 bits per heavy atom. The van der Waals surface area contributed by atoms with E-state index in [-0.39, 0.29) is 17.8 Å². The lowest BCUT2D eigenvalue weighted by Crippen LogP contribution is -2.34. The van der Waals surface area contributed by atoms with Gasteiger partial charge in [-0.1, -0.05) is 11.6 Å². The average molecular weight is 462 g/mol. The summed E-state index contributed by atoms with van der Waals surface area (Å²) in [6, 6.07) is 14.7. The van der Waals surface area contributed by atoms with Crippen LogP contribution in [0.1, 0.15) is 16.1 Å². The molecule has 2 aromatic heterocycles. The maximum Gasteiger partial charge on any atom is 0.287 e.